The number of aromatic nitrogens is 1. The molecule has 1 aromatic rings. The molecular formula is C7H11NO2. The van der Waals surface area contributed by atoms with Gasteiger partial charge in [-0.1, -0.05) is 5.16 Å². The fraction of sp³-hybridized carbons (Fsp3) is 0.571. The summed E-state index contributed by atoms with van der Waals surface area (Å²) in [5.74, 6) is 0. The Balaban J connectivity index is 2.57. The second-order valence-electron chi connectivity index (χ2n) is 2.98. The standard InChI is InChI=1S/C7H11NO2/c1-7(2,9)5-6-3-4-10-8-6/h3-4,9H,5H2,1-2H3. The van der Waals surface area contributed by atoms with Crippen LogP contribution in [0.25, 0.3) is 0 Å². The largest absolute Gasteiger partial charge is 0.390 e. The van der Waals surface area contributed by atoms with Crippen LogP contribution in [-0.2, 0) is 6.42 Å². The number of rotatable bonds is 2. The third kappa shape index (κ3) is 2.19. The van der Waals surface area contributed by atoms with Crippen LogP contribution in [-0.4, -0.2) is 15.9 Å². The summed E-state index contributed by atoms with van der Waals surface area (Å²) in [4.78, 5) is 0. The van der Waals surface area contributed by atoms with Crippen molar-refractivity contribution in [3.63, 3.8) is 0 Å². The molecule has 0 atom stereocenters. The minimum atomic E-state index is -0.698. The topological polar surface area (TPSA) is 46.3 Å². The summed E-state index contributed by atoms with van der Waals surface area (Å²) in [6.07, 6.45) is 2.03. The molecule has 10 heavy (non-hydrogen) atoms. The van der Waals surface area contributed by atoms with E-state index in [1.165, 1.54) is 6.26 Å². The minimum absolute atomic E-state index is 0.531. The fourth-order valence-corrected chi connectivity index (χ4v) is 0.772. The molecule has 0 saturated heterocycles. The lowest BCUT2D eigenvalue weighted by Crippen LogP contribution is -2.21. The normalized spacial score (nSPS) is 11.9. The zero-order valence-corrected chi connectivity index (χ0v) is 6.16. The summed E-state index contributed by atoms with van der Waals surface area (Å²) in [5.41, 5.74) is 0.0872. The Bertz CT molecular complexity index is 186. The van der Waals surface area contributed by atoms with E-state index in [4.69, 9.17) is 0 Å². The van der Waals surface area contributed by atoms with Crippen LogP contribution < -0.4 is 0 Å². The molecule has 0 radical (unpaired) electrons. The fourth-order valence-electron chi connectivity index (χ4n) is 0.772. The molecule has 0 aromatic carbocycles. The Morgan fingerprint density at radius 2 is 2.40 bits per heavy atom. The molecular weight excluding hydrogens is 130 g/mol. The molecule has 1 N–H and O–H groups in total. The summed E-state index contributed by atoms with van der Waals surface area (Å²) < 4.78 is 4.60. The van der Waals surface area contributed by atoms with Gasteiger partial charge in [-0.15, -0.1) is 0 Å². The van der Waals surface area contributed by atoms with Gasteiger partial charge in [0.1, 0.15) is 6.26 Å². The molecule has 3 nitrogen and oxygen atoms in total. The van der Waals surface area contributed by atoms with Crippen LogP contribution in [0.3, 0.4) is 0 Å². The molecule has 1 heterocycles. The van der Waals surface area contributed by atoms with E-state index in [1.807, 2.05) is 0 Å². The number of aliphatic hydroxyl groups is 1. The first-order valence-electron chi connectivity index (χ1n) is 3.19. The Kier molecular flexibility index (Phi) is 1.76. The maximum absolute atomic E-state index is 9.31. The first-order valence-corrected chi connectivity index (χ1v) is 3.19. The van der Waals surface area contributed by atoms with E-state index in [-0.39, 0.29) is 0 Å². The second-order valence-corrected chi connectivity index (χ2v) is 2.98. The van der Waals surface area contributed by atoms with Crippen LogP contribution in [0.5, 0.6) is 0 Å². The highest BCUT2D eigenvalue weighted by molar-refractivity contribution is 4.99. The average Bonchev–Trinajstić information content (AvgIpc) is 2.12. The van der Waals surface area contributed by atoms with Gasteiger partial charge in [0, 0.05) is 12.5 Å². The first kappa shape index (κ1) is 7.28. The summed E-state index contributed by atoms with van der Waals surface area (Å²) >= 11 is 0. The molecule has 0 saturated carbocycles. The van der Waals surface area contributed by atoms with Crippen molar-refractivity contribution < 1.29 is 9.63 Å². The number of hydrogen-bond acceptors (Lipinski definition) is 3. The SMILES string of the molecule is CC(C)(O)Cc1ccon1. The smallest absolute Gasteiger partial charge is 0.124 e. The van der Waals surface area contributed by atoms with Crippen LogP contribution in [0.15, 0.2) is 16.9 Å². The highest BCUT2D eigenvalue weighted by Gasteiger charge is 2.14. The van der Waals surface area contributed by atoms with Gasteiger partial charge in [-0.2, -0.15) is 0 Å². The van der Waals surface area contributed by atoms with Crippen molar-refractivity contribution in [1.29, 1.82) is 0 Å². The van der Waals surface area contributed by atoms with Gasteiger partial charge in [0.25, 0.3) is 0 Å². The summed E-state index contributed by atoms with van der Waals surface area (Å²) in [6.45, 7) is 3.48. The molecule has 0 unspecified atom stereocenters. The van der Waals surface area contributed by atoms with E-state index in [0.717, 1.165) is 5.69 Å². The lowest BCUT2D eigenvalue weighted by Gasteiger charge is -2.13. The molecule has 0 aliphatic carbocycles. The highest BCUT2D eigenvalue weighted by atomic mass is 16.5. The Morgan fingerprint density at radius 3 is 2.80 bits per heavy atom. The molecule has 0 bridgehead atoms. The maximum atomic E-state index is 9.31. The van der Waals surface area contributed by atoms with E-state index in [0.29, 0.717) is 6.42 Å². The maximum Gasteiger partial charge on any atom is 0.124 e. The van der Waals surface area contributed by atoms with Crippen LogP contribution >= 0.6 is 0 Å². The third-order valence-electron chi connectivity index (χ3n) is 1.10. The minimum Gasteiger partial charge on any atom is -0.390 e. The van der Waals surface area contributed by atoms with Crippen LogP contribution in [0.1, 0.15) is 19.5 Å². The Hall–Kier alpha value is -0.830. The Morgan fingerprint density at radius 1 is 1.70 bits per heavy atom. The molecule has 1 aromatic heterocycles. The zero-order valence-electron chi connectivity index (χ0n) is 6.16. The number of nitrogens with zero attached hydrogens (tertiary/aromatic N) is 1. The Labute approximate surface area is 59.7 Å². The number of hydrogen-bond donors (Lipinski definition) is 1. The van der Waals surface area contributed by atoms with Gasteiger partial charge in [0.2, 0.25) is 0 Å². The van der Waals surface area contributed by atoms with Gasteiger partial charge in [-0.3, -0.25) is 0 Å². The van der Waals surface area contributed by atoms with Crippen molar-refractivity contribution in [2.75, 3.05) is 0 Å². The lowest BCUT2D eigenvalue weighted by atomic mass is 10.0. The van der Waals surface area contributed by atoms with Crippen molar-refractivity contribution >= 4 is 0 Å². The molecule has 56 valence electrons. The molecule has 0 spiro atoms. The zero-order chi connectivity index (χ0) is 7.61. The van der Waals surface area contributed by atoms with Crippen LogP contribution in [0.2, 0.25) is 0 Å². The summed E-state index contributed by atoms with van der Waals surface area (Å²) in [7, 11) is 0. The van der Waals surface area contributed by atoms with Crippen LogP contribution in [0, 0.1) is 0 Å². The van der Waals surface area contributed by atoms with E-state index < -0.39 is 5.60 Å². The third-order valence-corrected chi connectivity index (χ3v) is 1.10. The average molecular weight is 141 g/mol. The van der Waals surface area contributed by atoms with Crippen molar-refractivity contribution in [2.24, 2.45) is 0 Å². The molecule has 0 aliphatic heterocycles. The van der Waals surface area contributed by atoms with Crippen LogP contribution in [0.4, 0.5) is 0 Å². The van der Waals surface area contributed by atoms with E-state index >= 15 is 0 Å². The van der Waals surface area contributed by atoms with Gasteiger partial charge < -0.3 is 9.63 Å². The van der Waals surface area contributed by atoms with Gasteiger partial charge in [-0.25, -0.2) is 0 Å². The molecule has 3 heteroatoms. The summed E-state index contributed by atoms with van der Waals surface area (Å²) in [5, 5.41) is 13.0. The van der Waals surface area contributed by atoms with Gasteiger partial charge >= 0.3 is 0 Å². The van der Waals surface area contributed by atoms with Gasteiger partial charge in [0.15, 0.2) is 0 Å². The molecule has 1 rings (SSSR count). The monoisotopic (exact) mass is 141 g/mol. The summed E-state index contributed by atoms with van der Waals surface area (Å²) in [6, 6.07) is 1.75. The second kappa shape index (κ2) is 2.42. The van der Waals surface area contributed by atoms with Crippen molar-refractivity contribution in [3.05, 3.63) is 18.0 Å². The van der Waals surface area contributed by atoms with E-state index in [2.05, 4.69) is 9.68 Å². The van der Waals surface area contributed by atoms with E-state index in [1.54, 1.807) is 19.9 Å². The highest BCUT2D eigenvalue weighted by Crippen LogP contribution is 2.09. The molecule has 0 aliphatic rings. The van der Waals surface area contributed by atoms with Crippen molar-refractivity contribution in [3.8, 4) is 0 Å². The van der Waals surface area contributed by atoms with Gasteiger partial charge in [0.05, 0.1) is 11.3 Å². The quantitative estimate of drug-likeness (QED) is 0.668. The van der Waals surface area contributed by atoms with Gasteiger partial charge in [-0.05, 0) is 13.8 Å². The van der Waals surface area contributed by atoms with Crippen molar-refractivity contribution in [2.45, 2.75) is 25.9 Å². The first-order chi connectivity index (χ1) is 4.58. The van der Waals surface area contributed by atoms with E-state index in [9.17, 15) is 5.11 Å². The molecule has 0 amide bonds. The predicted molar refractivity (Wildman–Crippen MR) is 36.5 cm³/mol. The lowest BCUT2D eigenvalue weighted by molar-refractivity contribution is 0.0790. The molecule has 0 fully saturated rings. The predicted octanol–water partition coefficient (Wildman–Crippen LogP) is 0.988. The van der Waals surface area contributed by atoms with Crippen molar-refractivity contribution in [1.82, 2.24) is 5.16 Å².